The summed E-state index contributed by atoms with van der Waals surface area (Å²) in [7, 11) is 1.36. The molecule has 0 aliphatic carbocycles. The number of nitrogens with zero attached hydrogens (tertiary/aromatic N) is 3. The molecule has 0 saturated carbocycles. The maximum absolute atomic E-state index is 14.5. The van der Waals surface area contributed by atoms with Crippen molar-refractivity contribution >= 4 is 80.4 Å². The van der Waals surface area contributed by atoms with Crippen LogP contribution in [0.15, 0.2) is 47.5 Å². The summed E-state index contributed by atoms with van der Waals surface area (Å²) in [6.45, 7) is 30.7. The molecule has 0 fully saturated rings. The largest absolute Gasteiger partial charge is 2.00 e. The first-order valence-electron chi connectivity index (χ1n) is 28.5. The number of hydrogen-bond acceptors (Lipinski definition) is 8. The zero-order valence-corrected chi connectivity index (χ0v) is 50.5. The van der Waals surface area contributed by atoms with E-state index in [0.29, 0.717) is 91.0 Å². The summed E-state index contributed by atoms with van der Waals surface area (Å²) in [5, 5.41) is 3.06. The van der Waals surface area contributed by atoms with Crippen molar-refractivity contribution in [2.24, 2.45) is 22.7 Å². The van der Waals surface area contributed by atoms with Crippen LogP contribution in [0.25, 0.3) is 33.3 Å². The van der Waals surface area contributed by atoms with Crippen molar-refractivity contribution in [3.63, 3.8) is 0 Å². The number of H-pyrrole nitrogens is 2. The monoisotopic (exact) mass is 1070 g/mol. The van der Waals surface area contributed by atoms with Crippen molar-refractivity contribution in [2.45, 2.75) is 171 Å². The topological polar surface area (TPSA) is 169 Å². The first kappa shape index (κ1) is 64.6. The van der Waals surface area contributed by atoms with E-state index < -0.39 is 5.97 Å². The molecule has 5 heterocycles. The van der Waals surface area contributed by atoms with Gasteiger partial charge >= 0.3 is 35.0 Å². The van der Waals surface area contributed by atoms with Crippen molar-refractivity contribution in [2.75, 3.05) is 53.2 Å². The molecule has 0 saturated heterocycles. The number of ether oxygens (including phenoxy) is 4. The molecule has 8 bridgehead atoms. The van der Waals surface area contributed by atoms with E-state index >= 15 is 0 Å². The van der Waals surface area contributed by atoms with Crippen LogP contribution in [0.1, 0.15) is 209 Å². The smallest absolute Gasteiger partial charge is 0.664 e. The summed E-state index contributed by atoms with van der Waals surface area (Å²) in [4.78, 5) is 64.5. The molecular weight excluding hydrogens is 977 g/mol. The number of aliphatic imine (C=N–C) groups is 1. The second-order valence-electron chi connectivity index (χ2n) is 21.5. The van der Waals surface area contributed by atoms with Crippen LogP contribution < -0.4 is 25.3 Å². The molecular formula is C63H92MgN6O7+2. The summed E-state index contributed by atoms with van der Waals surface area (Å²) in [5.41, 5.74) is 12.2. The predicted octanol–water partition coefficient (Wildman–Crippen LogP) is 11.3. The van der Waals surface area contributed by atoms with Crippen LogP contribution >= 0.6 is 0 Å². The Bertz CT molecular complexity index is 2660. The van der Waals surface area contributed by atoms with Crippen molar-refractivity contribution < 1.29 is 43.3 Å². The van der Waals surface area contributed by atoms with Gasteiger partial charge in [-0.15, -0.1) is 22.4 Å². The van der Waals surface area contributed by atoms with Crippen LogP contribution in [0.3, 0.4) is 0 Å². The summed E-state index contributed by atoms with van der Waals surface area (Å²) in [5.74, 6) is 0.629. The van der Waals surface area contributed by atoms with E-state index in [2.05, 4.69) is 77.3 Å². The summed E-state index contributed by atoms with van der Waals surface area (Å²) < 4.78 is 22.4. The van der Waals surface area contributed by atoms with Gasteiger partial charge < -0.3 is 34.2 Å². The number of nitrogens with one attached hydrogen (secondary N) is 3. The molecule has 14 heteroatoms. The molecule has 416 valence electrons. The van der Waals surface area contributed by atoms with E-state index in [0.717, 1.165) is 69.5 Å². The zero-order chi connectivity index (χ0) is 55.3. The van der Waals surface area contributed by atoms with E-state index in [1.807, 2.05) is 57.3 Å². The van der Waals surface area contributed by atoms with E-state index in [-0.39, 0.29) is 72.8 Å². The number of allylic oxidation sites excluding steroid dienone is 5. The summed E-state index contributed by atoms with van der Waals surface area (Å²) in [6, 6.07) is 6.06. The second-order valence-corrected chi connectivity index (χ2v) is 21.5. The van der Waals surface area contributed by atoms with Gasteiger partial charge in [0.15, 0.2) is 0 Å². The van der Waals surface area contributed by atoms with E-state index in [1.165, 1.54) is 57.6 Å². The molecule has 2 aromatic rings. The van der Waals surface area contributed by atoms with Crippen LogP contribution in [0.2, 0.25) is 0 Å². The third kappa shape index (κ3) is 18.6. The van der Waals surface area contributed by atoms with Gasteiger partial charge in [-0.2, -0.15) is 0 Å². The molecule has 4 unspecified atom stereocenters. The normalized spacial score (nSPS) is 15.9. The van der Waals surface area contributed by atoms with Gasteiger partial charge in [0.05, 0.1) is 38.9 Å². The van der Waals surface area contributed by atoms with Gasteiger partial charge in [-0.3, -0.25) is 19.4 Å². The van der Waals surface area contributed by atoms with Crippen LogP contribution in [0.5, 0.6) is 0 Å². The Hall–Kier alpha value is -4.89. The van der Waals surface area contributed by atoms with Gasteiger partial charge in [0, 0.05) is 49.1 Å². The quantitative estimate of drug-likeness (QED) is 0.0254. The number of carbonyl (C=O) groups is 3. The van der Waals surface area contributed by atoms with E-state index in [4.69, 9.17) is 33.9 Å². The van der Waals surface area contributed by atoms with Gasteiger partial charge in [0.25, 0.3) is 5.91 Å². The first-order valence-corrected chi connectivity index (χ1v) is 28.5. The van der Waals surface area contributed by atoms with Crippen LogP contribution in [-0.4, -0.2) is 100 Å². The fraction of sp³-hybridized carbons (Fsp3) is 0.587. The summed E-state index contributed by atoms with van der Waals surface area (Å²) in [6.07, 6.45) is 18.0. The number of rotatable bonds is 31. The first-order chi connectivity index (χ1) is 36.5. The van der Waals surface area contributed by atoms with E-state index in [1.54, 1.807) is 0 Å². The molecule has 0 radical (unpaired) electrons. The van der Waals surface area contributed by atoms with Gasteiger partial charge in [-0.05, 0) is 120 Å². The van der Waals surface area contributed by atoms with Crippen LogP contribution in [0, 0.1) is 17.8 Å². The third-order valence-electron chi connectivity index (χ3n) is 15.3. The minimum atomic E-state index is -0.495. The number of hydrogen-bond donors (Lipinski definition) is 1. The predicted molar refractivity (Wildman–Crippen MR) is 312 cm³/mol. The van der Waals surface area contributed by atoms with Gasteiger partial charge in [0.1, 0.15) is 12.2 Å². The third-order valence-corrected chi connectivity index (χ3v) is 15.3. The number of aromatic amines is 2. The molecule has 3 aliphatic rings. The fourth-order valence-electron chi connectivity index (χ4n) is 10.6. The Morgan fingerprint density at radius 1 is 0.818 bits per heavy atom. The average molecular weight is 1070 g/mol. The Balaban J connectivity index is 0.0000128. The Morgan fingerprint density at radius 3 is 2.14 bits per heavy atom. The zero-order valence-electron chi connectivity index (χ0n) is 49.1. The molecule has 4 atom stereocenters. The molecule has 0 aromatic carbocycles. The van der Waals surface area contributed by atoms with Crippen molar-refractivity contribution in [3.8, 4) is 0 Å². The number of carbonyl (C=O) groups excluding carboxylic acids is 3. The molecule has 1 amide bonds. The SMILES string of the molecule is C=CC1=C(C)c2cc3[n-]c(c(CC(=O)OC)c4[nH+]c(cc5[n-]c(cc1[nH+]2)c(C=NCCOCC)c5CC)C(C)=C4C(=O)NCCOCC)C(CCC(=O)OCC=C(C)CCCC(C)CCCC(C)CCCC(C)C)C3C.[Mg+2]. The number of aromatic nitrogens is 4. The van der Waals surface area contributed by atoms with Gasteiger partial charge in [-0.1, -0.05) is 110 Å². The van der Waals surface area contributed by atoms with Gasteiger partial charge in [-0.25, -0.2) is 9.97 Å². The molecule has 5 rings (SSSR count). The van der Waals surface area contributed by atoms with Crippen LogP contribution in [-0.2, 0) is 46.2 Å². The Labute approximate surface area is 477 Å². The minimum Gasteiger partial charge on any atom is -0.664 e. The standard InChI is InChI=1S/C63H91N6O7.Mg/c1-14-47-44(10)52-36-53-45(11)49(27-28-58(70)76-32-29-43(9)26-20-25-42(8)24-19-23-41(7)22-18-21-40(5)6)61(68-53)50(35-59(71)73-13)62-60(63(72)65-31-34-75-17-4)46(12)54(69-62)37-56-48(15-2)51(39-64-30-33-74-16-3)57(67-56)38-55(47)66-52;/h14,29,36-42,45,49H,1,15-28,30-35H2,2-13H3,(H2-,64,65,66,67,68,69,72);/q-1;+2/p+1. The molecule has 77 heavy (non-hydrogen) atoms. The maximum Gasteiger partial charge on any atom is 2.00 e. The number of amides is 1. The van der Waals surface area contributed by atoms with Crippen LogP contribution in [0.4, 0.5) is 0 Å². The van der Waals surface area contributed by atoms with Gasteiger partial charge in [0.2, 0.25) is 22.8 Å². The average Bonchev–Trinajstić information content (AvgIpc) is 4.10. The van der Waals surface area contributed by atoms with E-state index in [9.17, 15) is 14.4 Å². The molecule has 3 N–H and O–H groups in total. The summed E-state index contributed by atoms with van der Waals surface area (Å²) >= 11 is 0. The Morgan fingerprint density at radius 2 is 1.48 bits per heavy atom. The number of fused-ring (bicyclic) bond motifs is 8. The fourth-order valence-corrected chi connectivity index (χ4v) is 10.6. The number of methoxy groups -OCH3 is 1. The molecule has 0 spiro atoms. The van der Waals surface area contributed by atoms with Crippen molar-refractivity contribution in [1.82, 2.24) is 15.3 Å². The number of aryl methyl sites for hydroxylation is 1. The second kappa shape index (κ2) is 32.9. The number of esters is 2. The molecule has 3 aliphatic heterocycles. The molecule has 2 aromatic heterocycles. The van der Waals surface area contributed by atoms with Crippen molar-refractivity contribution in [3.05, 3.63) is 93.4 Å². The maximum atomic E-state index is 14.5. The van der Waals surface area contributed by atoms with Crippen molar-refractivity contribution in [1.29, 1.82) is 0 Å². The molecule has 13 nitrogen and oxygen atoms in total. The minimum absolute atomic E-state index is 0. The Kier molecular flexibility index (Phi) is 27.6.